The Morgan fingerprint density at radius 3 is 2.71 bits per heavy atom. The fraction of sp³-hybridized carbons (Fsp3) is 0.625. The van der Waals surface area contributed by atoms with E-state index in [1.54, 1.807) is 4.52 Å². The lowest BCUT2D eigenvalue weighted by molar-refractivity contribution is 0.324. The first kappa shape index (κ1) is 13.1. The fourth-order valence-electron chi connectivity index (χ4n) is 3.27. The Hall–Kier alpha value is -1.62. The highest BCUT2D eigenvalue weighted by Gasteiger charge is 2.26. The van der Waals surface area contributed by atoms with Gasteiger partial charge in [-0.2, -0.15) is 5.10 Å². The molecule has 2 aromatic rings. The average Bonchev–Trinajstić information content (AvgIpc) is 3.03. The number of hydrogen-bond donors (Lipinski definition) is 0. The first-order valence-corrected chi connectivity index (χ1v) is 8.12. The fourth-order valence-corrected chi connectivity index (χ4v) is 3.27. The molecule has 2 fully saturated rings. The summed E-state index contributed by atoms with van der Waals surface area (Å²) in [6, 6.07) is 1.98. The number of likely N-dealkylation sites (tertiary alicyclic amines) is 1. The zero-order chi connectivity index (χ0) is 14.2. The van der Waals surface area contributed by atoms with E-state index in [4.69, 9.17) is 0 Å². The summed E-state index contributed by atoms with van der Waals surface area (Å²) in [7, 11) is 0. The van der Waals surface area contributed by atoms with Gasteiger partial charge in [0.15, 0.2) is 0 Å². The van der Waals surface area contributed by atoms with E-state index in [-0.39, 0.29) is 5.56 Å². The Balaban J connectivity index is 1.49. The van der Waals surface area contributed by atoms with Gasteiger partial charge in [0, 0.05) is 24.9 Å². The summed E-state index contributed by atoms with van der Waals surface area (Å²) >= 11 is 0. The van der Waals surface area contributed by atoms with E-state index in [9.17, 15) is 4.79 Å². The molecule has 0 N–H and O–H groups in total. The van der Waals surface area contributed by atoms with E-state index in [1.165, 1.54) is 38.8 Å². The normalized spacial score (nSPS) is 19.6. The number of aromatic nitrogens is 3. The Morgan fingerprint density at radius 1 is 1.14 bits per heavy atom. The molecule has 5 nitrogen and oxygen atoms in total. The second kappa shape index (κ2) is 5.30. The van der Waals surface area contributed by atoms with Crippen molar-refractivity contribution in [2.45, 2.75) is 44.6 Å². The molecule has 0 bridgehead atoms. The first-order valence-electron chi connectivity index (χ1n) is 8.12. The second-order valence-electron chi connectivity index (χ2n) is 6.37. The molecule has 1 saturated heterocycles. The Kier molecular flexibility index (Phi) is 3.30. The SMILES string of the molecule is O=c1c2cc(C3CC3)nn2ccn1CCCN1CCCC1. The van der Waals surface area contributed by atoms with E-state index in [0.717, 1.165) is 30.7 Å². The van der Waals surface area contributed by atoms with Gasteiger partial charge in [0.2, 0.25) is 0 Å². The van der Waals surface area contributed by atoms with Crippen LogP contribution in [0.25, 0.3) is 5.52 Å². The highest BCUT2D eigenvalue weighted by Crippen LogP contribution is 2.39. The van der Waals surface area contributed by atoms with E-state index < -0.39 is 0 Å². The molecule has 5 heteroatoms. The molecule has 0 spiro atoms. The summed E-state index contributed by atoms with van der Waals surface area (Å²) in [4.78, 5) is 15.0. The van der Waals surface area contributed by atoms with Crippen LogP contribution in [-0.4, -0.2) is 38.7 Å². The number of nitrogens with zero attached hydrogens (tertiary/aromatic N) is 4. The first-order chi connectivity index (χ1) is 10.3. The highest BCUT2D eigenvalue weighted by molar-refractivity contribution is 5.46. The Labute approximate surface area is 124 Å². The van der Waals surface area contributed by atoms with Gasteiger partial charge in [-0.15, -0.1) is 0 Å². The lowest BCUT2D eigenvalue weighted by Crippen LogP contribution is -2.25. The van der Waals surface area contributed by atoms with Crippen molar-refractivity contribution in [2.24, 2.45) is 0 Å². The number of rotatable bonds is 5. The molecule has 1 aliphatic heterocycles. The minimum atomic E-state index is 0.0957. The summed E-state index contributed by atoms with van der Waals surface area (Å²) in [6.07, 6.45) is 9.92. The van der Waals surface area contributed by atoms with Crippen molar-refractivity contribution in [3.8, 4) is 0 Å². The third-order valence-electron chi connectivity index (χ3n) is 4.69. The van der Waals surface area contributed by atoms with Crippen LogP contribution in [0.3, 0.4) is 0 Å². The van der Waals surface area contributed by atoms with Crippen molar-refractivity contribution < 1.29 is 0 Å². The smallest absolute Gasteiger partial charge is 0.276 e. The molecule has 112 valence electrons. The molecular weight excluding hydrogens is 264 g/mol. The summed E-state index contributed by atoms with van der Waals surface area (Å²) in [6.45, 7) is 4.35. The predicted octanol–water partition coefficient (Wildman–Crippen LogP) is 1.86. The number of hydrogen-bond acceptors (Lipinski definition) is 3. The third-order valence-corrected chi connectivity index (χ3v) is 4.69. The molecule has 0 unspecified atom stereocenters. The lowest BCUT2D eigenvalue weighted by atomic mass is 10.3. The zero-order valence-electron chi connectivity index (χ0n) is 12.4. The van der Waals surface area contributed by atoms with Gasteiger partial charge in [0.25, 0.3) is 5.56 Å². The van der Waals surface area contributed by atoms with Crippen LogP contribution in [-0.2, 0) is 6.54 Å². The Bertz CT molecular complexity index is 692. The van der Waals surface area contributed by atoms with Gasteiger partial charge in [-0.25, -0.2) is 4.52 Å². The van der Waals surface area contributed by atoms with Crippen LogP contribution in [0.2, 0.25) is 0 Å². The maximum absolute atomic E-state index is 12.5. The molecule has 2 aromatic heterocycles. The van der Waals surface area contributed by atoms with Gasteiger partial charge < -0.3 is 9.47 Å². The van der Waals surface area contributed by atoms with Crippen molar-refractivity contribution in [3.05, 3.63) is 34.5 Å². The van der Waals surface area contributed by atoms with Crippen LogP contribution in [0.5, 0.6) is 0 Å². The molecule has 4 rings (SSSR count). The summed E-state index contributed by atoms with van der Waals surface area (Å²) in [5.74, 6) is 0.591. The number of aryl methyl sites for hydroxylation is 1. The van der Waals surface area contributed by atoms with E-state index >= 15 is 0 Å². The van der Waals surface area contributed by atoms with Gasteiger partial charge in [0.05, 0.1) is 5.69 Å². The zero-order valence-corrected chi connectivity index (χ0v) is 12.4. The van der Waals surface area contributed by atoms with Crippen molar-refractivity contribution in [3.63, 3.8) is 0 Å². The van der Waals surface area contributed by atoms with Crippen LogP contribution >= 0.6 is 0 Å². The third kappa shape index (κ3) is 2.62. The second-order valence-corrected chi connectivity index (χ2v) is 6.37. The van der Waals surface area contributed by atoms with Crippen molar-refractivity contribution in [1.29, 1.82) is 0 Å². The molecule has 1 aliphatic carbocycles. The van der Waals surface area contributed by atoms with Gasteiger partial charge in [0.1, 0.15) is 5.52 Å². The van der Waals surface area contributed by atoms with Crippen molar-refractivity contribution in [2.75, 3.05) is 19.6 Å². The van der Waals surface area contributed by atoms with E-state index in [2.05, 4.69) is 10.00 Å². The quantitative estimate of drug-likeness (QED) is 0.842. The molecule has 21 heavy (non-hydrogen) atoms. The minimum absolute atomic E-state index is 0.0957. The van der Waals surface area contributed by atoms with Crippen LogP contribution in [0.4, 0.5) is 0 Å². The maximum Gasteiger partial charge on any atom is 0.276 e. The lowest BCUT2D eigenvalue weighted by Gasteiger charge is -2.14. The van der Waals surface area contributed by atoms with E-state index in [0.29, 0.717) is 5.92 Å². The average molecular weight is 286 g/mol. The van der Waals surface area contributed by atoms with Crippen LogP contribution < -0.4 is 5.56 Å². The predicted molar refractivity (Wildman–Crippen MR) is 81.7 cm³/mol. The topological polar surface area (TPSA) is 42.5 Å². The number of fused-ring (bicyclic) bond motifs is 1. The highest BCUT2D eigenvalue weighted by atomic mass is 16.1. The molecule has 1 saturated carbocycles. The van der Waals surface area contributed by atoms with Crippen molar-refractivity contribution >= 4 is 5.52 Å². The van der Waals surface area contributed by atoms with Crippen molar-refractivity contribution in [1.82, 2.24) is 19.1 Å². The molecule has 0 amide bonds. The van der Waals surface area contributed by atoms with Gasteiger partial charge in [-0.1, -0.05) is 0 Å². The molecule has 0 radical (unpaired) electrons. The molecule has 0 atom stereocenters. The largest absolute Gasteiger partial charge is 0.312 e. The van der Waals surface area contributed by atoms with Crippen LogP contribution in [0.1, 0.15) is 43.7 Å². The monoisotopic (exact) mass is 286 g/mol. The molecular formula is C16H22N4O. The molecule has 0 aromatic carbocycles. The van der Waals surface area contributed by atoms with E-state index in [1.807, 2.05) is 23.0 Å². The summed E-state index contributed by atoms with van der Waals surface area (Å²) in [5.41, 5.74) is 1.90. The molecule has 3 heterocycles. The van der Waals surface area contributed by atoms with Crippen LogP contribution in [0, 0.1) is 0 Å². The van der Waals surface area contributed by atoms with Gasteiger partial charge >= 0.3 is 0 Å². The molecule has 2 aliphatic rings. The van der Waals surface area contributed by atoms with Gasteiger partial charge in [-0.3, -0.25) is 4.79 Å². The standard InChI is InChI=1S/C16H22N4O/c21-16-15-12-14(13-4-5-13)17-20(15)11-10-19(16)9-3-8-18-6-1-2-7-18/h10-13H,1-9H2. The minimum Gasteiger partial charge on any atom is -0.312 e. The van der Waals surface area contributed by atoms with Crippen LogP contribution in [0.15, 0.2) is 23.3 Å². The summed E-state index contributed by atoms with van der Waals surface area (Å²) in [5, 5.41) is 4.52. The van der Waals surface area contributed by atoms with Gasteiger partial charge in [-0.05, 0) is 57.8 Å². The Morgan fingerprint density at radius 2 is 1.95 bits per heavy atom. The summed E-state index contributed by atoms with van der Waals surface area (Å²) < 4.78 is 3.58. The maximum atomic E-state index is 12.5.